The summed E-state index contributed by atoms with van der Waals surface area (Å²) in [5.41, 5.74) is -0.277. The van der Waals surface area contributed by atoms with E-state index in [1.54, 1.807) is 6.07 Å². The van der Waals surface area contributed by atoms with Gasteiger partial charge in [-0.1, -0.05) is 17.9 Å². The molecule has 0 aliphatic rings. The van der Waals surface area contributed by atoms with Crippen molar-refractivity contribution < 1.29 is 13.2 Å². The van der Waals surface area contributed by atoms with E-state index in [0.717, 1.165) is 12.1 Å². The summed E-state index contributed by atoms with van der Waals surface area (Å²) in [6.07, 6.45) is -4.31. The third-order valence-electron chi connectivity index (χ3n) is 1.82. The van der Waals surface area contributed by atoms with Gasteiger partial charge in [0.2, 0.25) is 0 Å². The van der Waals surface area contributed by atoms with Gasteiger partial charge in [-0.2, -0.15) is 13.2 Å². The molecule has 0 aliphatic heterocycles. The van der Waals surface area contributed by atoms with Crippen LogP contribution in [0.15, 0.2) is 24.3 Å². The number of hydrogen-bond donors (Lipinski definition) is 0. The van der Waals surface area contributed by atoms with Crippen molar-refractivity contribution in [2.24, 2.45) is 0 Å². The van der Waals surface area contributed by atoms with Gasteiger partial charge in [0.15, 0.2) is 0 Å². The number of hydrogen-bond acceptors (Lipinski definition) is 1. The lowest BCUT2D eigenvalue weighted by atomic mass is 10.1. The molecule has 94 valence electrons. The maximum absolute atomic E-state index is 12.4. The molecule has 17 heavy (non-hydrogen) atoms. The Morgan fingerprint density at radius 3 is 2.41 bits per heavy atom. The van der Waals surface area contributed by atoms with Crippen LogP contribution in [-0.2, 0) is 6.18 Å². The number of rotatable bonds is 1. The molecular weight excluding hydrogens is 251 g/mol. The van der Waals surface area contributed by atoms with Gasteiger partial charge < -0.3 is 0 Å². The maximum Gasteiger partial charge on any atom is 0.416 e. The zero-order chi connectivity index (χ0) is 12.2. The second-order valence-electron chi connectivity index (χ2n) is 3.62. The molecule has 0 fully saturated rings. The minimum Gasteiger partial charge on any atom is -0.299 e. The first-order valence-electron chi connectivity index (χ1n) is 4.70. The van der Waals surface area contributed by atoms with Crippen LogP contribution in [0.5, 0.6) is 0 Å². The normalized spacial score (nSPS) is 10.5. The highest BCUT2D eigenvalue weighted by Crippen LogP contribution is 2.29. The Labute approximate surface area is 105 Å². The first kappa shape index (κ1) is 15.8. The summed E-state index contributed by atoms with van der Waals surface area (Å²) in [6, 6.07) is 5.03. The molecule has 0 heterocycles. The Balaban J connectivity index is 0.00000256. The molecule has 0 bridgehead atoms. The lowest BCUT2D eigenvalue weighted by Crippen LogP contribution is -2.10. The first-order valence-corrected chi connectivity index (χ1v) is 4.70. The van der Waals surface area contributed by atoms with Crippen molar-refractivity contribution in [2.75, 3.05) is 20.6 Å². The highest BCUT2D eigenvalue weighted by Gasteiger charge is 2.30. The average molecular weight is 264 g/mol. The fourth-order valence-electron chi connectivity index (χ4n) is 1.07. The van der Waals surface area contributed by atoms with Gasteiger partial charge in [-0.3, -0.25) is 4.90 Å². The Morgan fingerprint density at radius 1 is 1.24 bits per heavy atom. The monoisotopic (exact) mass is 263 g/mol. The smallest absolute Gasteiger partial charge is 0.299 e. The van der Waals surface area contributed by atoms with Crippen molar-refractivity contribution >= 4 is 12.4 Å². The molecule has 0 radical (unpaired) electrons. The largest absolute Gasteiger partial charge is 0.416 e. The summed E-state index contributed by atoms with van der Waals surface area (Å²) in [5, 5.41) is 0. The van der Waals surface area contributed by atoms with Crippen molar-refractivity contribution in [3.8, 4) is 11.8 Å². The summed E-state index contributed by atoms with van der Waals surface area (Å²) in [6.45, 7) is 0.524. The topological polar surface area (TPSA) is 3.24 Å². The zero-order valence-corrected chi connectivity index (χ0v) is 10.3. The van der Waals surface area contributed by atoms with Crippen LogP contribution in [0.25, 0.3) is 0 Å². The van der Waals surface area contributed by atoms with Crippen LogP contribution in [0, 0.1) is 11.8 Å². The van der Waals surface area contributed by atoms with E-state index in [4.69, 9.17) is 0 Å². The van der Waals surface area contributed by atoms with E-state index in [1.165, 1.54) is 6.07 Å². The summed E-state index contributed by atoms with van der Waals surface area (Å²) >= 11 is 0. The number of nitrogens with zero attached hydrogens (tertiary/aromatic N) is 1. The Bertz CT molecular complexity index is 416. The summed E-state index contributed by atoms with van der Waals surface area (Å²) in [7, 11) is 3.70. The number of alkyl halides is 3. The summed E-state index contributed by atoms with van der Waals surface area (Å²) < 4.78 is 37.1. The van der Waals surface area contributed by atoms with Crippen LogP contribution in [0.2, 0.25) is 0 Å². The minimum absolute atomic E-state index is 0. The predicted molar refractivity (Wildman–Crippen MR) is 64.1 cm³/mol. The highest BCUT2D eigenvalue weighted by molar-refractivity contribution is 5.85. The second kappa shape index (κ2) is 6.53. The van der Waals surface area contributed by atoms with E-state index in [0.29, 0.717) is 12.1 Å². The van der Waals surface area contributed by atoms with Crippen molar-refractivity contribution in [3.63, 3.8) is 0 Å². The predicted octanol–water partition coefficient (Wildman–Crippen LogP) is 3.04. The van der Waals surface area contributed by atoms with Crippen LogP contribution >= 0.6 is 12.4 Å². The molecule has 1 aromatic carbocycles. The fourth-order valence-corrected chi connectivity index (χ4v) is 1.07. The second-order valence-corrected chi connectivity index (χ2v) is 3.62. The van der Waals surface area contributed by atoms with Gasteiger partial charge in [0.25, 0.3) is 0 Å². The van der Waals surface area contributed by atoms with E-state index in [9.17, 15) is 13.2 Å². The van der Waals surface area contributed by atoms with Gasteiger partial charge in [0.05, 0.1) is 12.1 Å². The quantitative estimate of drug-likeness (QED) is 0.704. The van der Waals surface area contributed by atoms with E-state index >= 15 is 0 Å². The van der Waals surface area contributed by atoms with Gasteiger partial charge in [-0.15, -0.1) is 12.4 Å². The van der Waals surface area contributed by atoms with Crippen molar-refractivity contribution in [1.82, 2.24) is 4.90 Å². The zero-order valence-electron chi connectivity index (χ0n) is 9.51. The third kappa shape index (κ3) is 5.62. The van der Waals surface area contributed by atoms with Crippen LogP contribution in [-0.4, -0.2) is 25.5 Å². The molecule has 0 unspecified atom stereocenters. The molecule has 0 atom stereocenters. The van der Waals surface area contributed by atoms with Gasteiger partial charge >= 0.3 is 6.18 Å². The highest BCUT2D eigenvalue weighted by atomic mass is 35.5. The van der Waals surface area contributed by atoms with Crippen LogP contribution < -0.4 is 0 Å². The molecule has 0 saturated carbocycles. The van der Waals surface area contributed by atoms with Crippen LogP contribution in [0.3, 0.4) is 0 Å². The molecule has 0 aromatic heterocycles. The number of halogens is 4. The Hall–Kier alpha value is -1.18. The van der Waals surface area contributed by atoms with Crippen LogP contribution in [0.1, 0.15) is 11.1 Å². The summed E-state index contributed by atoms with van der Waals surface area (Å²) in [4.78, 5) is 1.85. The standard InChI is InChI=1S/C12H12F3N.ClH/c1-16(2)8-4-6-10-5-3-7-11(9-10)12(13,14)15;/h3,5,7,9H,8H2,1-2H3;1H. The lowest BCUT2D eigenvalue weighted by Gasteiger charge is -2.06. The van der Waals surface area contributed by atoms with E-state index < -0.39 is 11.7 Å². The Kier molecular flexibility index (Phi) is 6.08. The van der Waals surface area contributed by atoms with Gasteiger partial charge in [0, 0.05) is 5.56 Å². The molecule has 1 aromatic rings. The van der Waals surface area contributed by atoms with E-state index in [1.807, 2.05) is 19.0 Å². The van der Waals surface area contributed by atoms with Gasteiger partial charge in [0.1, 0.15) is 0 Å². The van der Waals surface area contributed by atoms with Crippen molar-refractivity contribution in [2.45, 2.75) is 6.18 Å². The third-order valence-corrected chi connectivity index (χ3v) is 1.82. The molecule has 0 saturated heterocycles. The van der Waals surface area contributed by atoms with Gasteiger partial charge in [-0.05, 0) is 32.3 Å². The fraction of sp³-hybridized carbons (Fsp3) is 0.333. The van der Waals surface area contributed by atoms with E-state index in [2.05, 4.69) is 11.8 Å². The van der Waals surface area contributed by atoms with Gasteiger partial charge in [-0.25, -0.2) is 0 Å². The summed E-state index contributed by atoms with van der Waals surface area (Å²) in [5.74, 6) is 5.49. The molecule has 1 rings (SSSR count). The average Bonchev–Trinajstić information content (AvgIpc) is 2.16. The van der Waals surface area contributed by atoms with Crippen LogP contribution in [0.4, 0.5) is 13.2 Å². The van der Waals surface area contributed by atoms with Crippen molar-refractivity contribution in [1.29, 1.82) is 0 Å². The molecule has 0 spiro atoms. The maximum atomic E-state index is 12.4. The Morgan fingerprint density at radius 2 is 1.88 bits per heavy atom. The minimum atomic E-state index is -4.31. The first-order chi connectivity index (χ1) is 7.39. The molecule has 0 N–H and O–H groups in total. The molecular formula is C12H13ClF3N. The molecule has 0 amide bonds. The molecule has 1 nitrogen and oxygen atoms in total. The molecule has 0 aliphatic carbocycles. The lowest BCUT2D eigenvalue weighted by molar-refractivity contribution is -0.137. The molecule has 5 heteroatoms. The van der Waals surface area contributed by atoms with E-state index in [-0.39, 0.29) is 12.4 Å². The van der Waals surface area contributed by atoms with Crippen molar-refractivity contribution in [3.05, 3.63) is 35.4 Å². The SMILES string of the molecule is CN(C)CC#Cc1cccc(C(F)(F)F)c1.Cl. The number of benzene rings is 1.